The predicted molar refractivity (Wildman–Crippen MR) is 70.2 cm³/mol. The molecule has 0 aliphatic carbocycles. The summed E-state index contributed by atoms with van der Waals surface area (Å²) in [4.78, 5) is 25.0. The van der Waals surface area contributed by atoms with Gasteiger partial charge in [0.05, 0.1) is 18.6 Å². The molecule has 2 rings (SSSR count). The van der Waals surface area contributed by atoms with Crippen molar-refractivity contribution in [2.24, 2.45) is 5.92 Å². The monoisotopic (exact) mass is 262 g/mol. The molecule has 0 bridgehead atoms. The topological polar surface area (TPSA) is 69.6 Å². The zero-order chi connectivity index (χ0) is 13.8. The van der Waals surface area contributed by atoms with Gasteiger partial charge < -0.3 is 15.3 Å². The molecular formula is C14H18N2O3. The van der Waals surface area contributed by atoms with E-state index in [9.17, 15) is 14.7 Å². The van der Waals surface area contributed by atoms with E-state index in [-0.39, 0.29) is 30.8 Å². The molecule has 1 aliphatic rings. The first-order chi connectivity index (χ1) is 9.11. The van der Waals surface area contributed by atoms with Crippen molar-refractivity contribution in [2.45, 2.75) is 12.5 Å². The van der Waals surface area contributed by atoms with Crippen LogP contribution in [0.5, 0.6) is 0 Å². The third-order valence-corrected chi connectivity index (χ3v) is 3.41. The van der Waals surface area contributed by atoms with E-state index in [1.54, 1.807) is 11.9 Å². The van der Waals surface area contributed by atoms with Crippen molar-refractivity contribution in [1.29, 1.82) is 0 Å². The lowest BCUT2D eigenvalue weighted by Gasteiger charge is -2.19. The van der Waals surface area contributed by atoms with Gasteiger partial charge >= 0.3 is 0 Å². The number of carbonyl (C=O) groups is 2. The first-order valence-corrected chi connectivity index (χ1v) is 6.32. The van der Waals surface area contributed by atoms with Gasteiger partial charge in [-0.05, 0) is 5.56 Å². The molecule has 5 heteroatoms. The molecule has 0 aromatic heterocycles. The highest BCUT2D eigenvalue weighted by atomic mass is 16.3. The van der Waals surface area contributed by atoms with Crippen molar-refractivity contribution in [3.63, 3.8) is 0 Å². The third kappa shape index (κ3) is 3.12. The summed E-state index contributed by atoms with van der Waals surface area (Å²) in [5.74, 6) is -0.517. The van der Waals surface area contributed by atoms with Gasteiger partial charge in [-0.1, -0.05) is 30.3 Å². The van der Waals surface area contributed by atoms with Gasteiger partial charge in [0.25, 0.3) is 0 Å². The average molecular weight is 262 g/mol. The van der Waals surface area contributed by atoms with Gasteiger partial charge in [-0.2, -0.15) is 0 Å². The number of likely N-dealkylation sites (tertiary alicyclic amines) is 1. The average Bonchev–Trinajstić information content (AvgIpc) is 2.77. The molecule has 1 aromatic rings. The molecule has 1 fully saturated rings. The van der Waals surface area contributed by atoms with Gasteiger partial charge in [-0.25, -0.2) is 0 Å². The van der Waals surface area contributed by atoms with Crippen LogP contribution in [0.2, 0.25) is 0 Å². The summed E-state index contributed by atoms with van der Waals surface area (Å²) in [6.45, 7) is 0.282. The Bertz CT molecular complexity index is 461. The molecule has 19 heavy (non-hydrogen) atoms. The summed E-state index contributed by atoms with van der Waals surface area (Å²) >= 11 is 0. The smallest absolute Gasteiger partial charge is 0.225 e. The molecule has 0 spiro atoms. The minimum atomic E-state index is -0.422. The quantitative estimate of drug-likeness (QED) is 0.820. The van der Waals surface area contributed by atoms with E-state index in [0.717, 1.165) is 5.56 Å². The SMILES string of the molecule is CN1CC(C(=O)NC(CO)c2ccccc2)CC1=O. The Labute approximate surface area is 112 Å². The fourth-order valence-corrected chi connectivity index (χ4v) is 2.25. The van der Waals surface area contributed by atoms with Crippen LogP contribution in [0.15, 0.2) is 30.3 Å². The van der Waals surface area contributed by atoms with Crippen LogP contribution < -0.4 is 5.32 Å². The number of aliphatic hydroxyl groups is 1. The summed E-state index contributed by atoms with van der Waals surface area (Å²) in [7, 11) is 1.69. The Morgan fingerprint density at radius 3 is 2.68 bits per heavy atom. The summed E-state index contributed by atoms with van der Waals surface area (Å²) in [5.41, 5.74) is 0.857. The molecule has 0 saturated carbocycles. The lowest BCUT2D eigenvalue weighted by atomic mass is 10.0. The molecule has 1 aromatic carbocycles. The number of amides is 2. The van der Waals surface area contributed by atoms with Gasteiger partial charge in [0.15, 0.2) is 0 Å². The first-order valence-electron chi connectivity index (χ1n) is 6.32. The fraction of sp³-hybridized carbons (Fsp3) is 0.429. The number of benzene rings is 1. The molecule has 2 N–H and O–H groups in total. The number of hydrogen-bond acceptors (Lipinski definition) is 3. The minimum absolute atomic E-state index is 0.0135. The number of rotatable bonds is 4. The van der Waals surface area contributed by atoms with Crippen LogP contribution >= 0.6 is 0 Å². The lowest BCUT2D eigenvalue weighted by molar-refractivity contribution is -0.128. The predicted octanol–water partition coefficient (Wildman–Crippen LogP) is 0.314. The van der Waals surface area contributed by atoms with Crippen molar-refractivity contribution < 1.29 is 14.7 Å². The van der Waals surface area contributed by atoms with Crippen LogP contribution in [0.4, 0.5) is 0 Å². The molecule has 1 heterocycles. The summed E-state index contributed by atoms with van der Waals surface area (Å²) in [6.07, 6.45) is 0.245. The summed E-state index contributed by atoms with van der Waals surface area (Å²) in [6, 6.07) is 8.88. The number of aliphatic hydroxyl groups excluding tert-OH is 1. The van der Waals surface area contributed by atoms with Crippen molar-refractivity contribution in [3.05, 3.63) is 35.9 Å². The van der Waals surface area contributed by atoms with Crippen LogP contribution in [-0.2, 0) is 9.59 Å². The molecular weight excluding hydrogens is 244 g/mol. The van der Waals surface area contributed by atoms with Gasteiger partial charge in [-0.15, -0.1) is 0 Å². The van der Waals surface area contributed by atoms with E-state index >= 15 is 0 Å². The molecule has 1 saturated heterocycles. The van der Waals surface area contributed by atoms with Crippen LogP contribution in [0, 0.1) is 5.92 Å². The van der Waals surface area contributed by atoms with Crippen molar-refractivity contribution in [3.8, 4) is 0 Å². The van der Waals surface area contributed by atoms with Gasteiger partial charge in [-0.3, -0.25) is 9.59 Å². The van der Waals surface area contributed by atoms with E-state index in [1.165, 1.54) is 0 Å². The van der Waals surface area contributed by atoms with Crippen LogP contribution in [0.1, 0.15) is 18.0 Å². The Morgan fingerprint density at radius 2 is 2.16 bits per heavy atom. The highest BCUT2D eigenvalue weighted by molar-refractivity contribution is 5.89. The maximum Gasteiger partial charge on any atom is 0.225 e. The number of carbonyl (C=O) groups excluding carboxylic acids is 2. The van der Waals surface area contributed by atoms with Crippen LogP contribution in [0.3, 0.4) is 0 Å². The van der Waals surface area contributed by atoms with Crippen molar-refractivity contribution in [1.82, 2.24) is 10.2 Å². The Morgan fingerprint density at radius 1 is 1.47 bits per heavy atom. The second kappa shape index (κ2) is 5.84. The molecule has 102 valence electrons. The van der Waals surface area contributed by atoms with Crippen LogP contribution in [-0.4, -0.2) is 42.0 Å². The molecule has 2 atom stereocenters. The molecule has 2 unspecified atom stereocenters. The number of nitrogens with zero attached hydrogens (tertiary/aromatic N) is 1. The number of nitrogens with one attached hydrogen (secondary N) is 1. The third-order valence-electron chi connectivity index (χ3n) is 3.41. The Balaban J connectivity index is 1.99. The van der Waals surface area contributed by atoms with E-state index in [4.69, 9.17) is 0 Å². The highest BCUT2D eigenvalue weighted by Gasteiger charge is 2.32. The lowest BCUT2D eigenvalue weighted by Crippen LogP contribution is -2.36. The first kappa shape index (κ1) is 13.5. The second-order valence-corrected chi connectivity index (χ2v) is 4.83. The molecule has 1 aliphatic heterocycles. The summed E-state index contributed by atoms with van der Waals surface area (Å²) < 4.78 is 0. The van der Waals surface area contributed by atoms with Crippen LogP contribution in [0.25, 0.3) is 0 Å². The second-order valence-electron chi connectivity index (χ2n) is 4.83. The van der Waals surface area contributed by atoms with Gasteiger partial charge in [0.2, 0.25) is 11.8 Å². The van der Waals surface area contributed by atoms with Crippen molar-refractivity contribution >= 4 is 11.8 Å². The van der Waals surface area contributed by atoms with Crippen molar-refractivity contribution in [2.75, 3.05) is 20.2 Å². The Kier molecular flexibility index (Phi) is 4.16. The maximum atomic E-state index is 12.1. The molecule has 0 radical (unpaired) electrons. The zero-order valence-electron chi connectivity index (χ0n) is 10.9. The molecule has 5 nitrogen and oxygen atoms in total. The summed E-state index contributed by atoms with van der Waals surface area (Å²) in [5, 5.41) is 12.2. The normalized spacial score (nSPS) is 20.4. The minimum Gasteiger partial charge on any atom is -0.394 e. The van der Waals surface area contributed by atoms with Gasteiger partial charge in [0, 0.05) is 20.0 Å². The largest absolute Gasteiger partial charge is 0.394 e. The van der Waals surface area contributed by atoms with E-state index in [0.29, 0.717) is 6.54 Å². The van der Waals surface area contributed by atoms with E-state index in [1.807, 2.05) is 30.3 Å². The standard InChI is InChI=1S/C14H18N2O3/c1-16-8-11(7-13(16)18)14(19)15-12(9-17)10-5-3-2-4-6-10/h2-6,11-12,17H,7-9H2,1H3,(H,15,19). The maximum absolute atomic E-state index is 12.1. The van der Waals surface area contributed by atoms with Gasteiger partial charge in [0.1, 0.15) is 0 Å². The Hall–Kier alpha value is -1.88. The zero-order valence-corrected chi connectivity index (χ0v) is 10.9. The highest BCUT2D eigenvalue weighted by Crippen LogP contribution is 2.18. The molecule has 2 amide bonds. The fourth-order valence-electron chi connectivity index (χ4n) is 2.25. The number of hydrogen-bond donors (Lipinski definition) is 2. The van der Waals surface area contributed by atoms with E-state index < -0.39 is 6.04 Å². The van der Waals surface area contributed by atoms with E-state index in [2.05, 4.69) is 5.32 Å².